The van der Waals surface area contributed by atoms with Crippen LogP contribution in [0.2, 0.25) is 0 Å². The lowest BCUT2D eigenvalue weighted by Gasteiger charge is -2.24. The van der Waals surface area contributed by atoms with Crippen LogP contribution in [0.1, 0.15) is 29.8 Å². The Morgan fingerprint density at radius 2 is 2.00 bits per heavy atom. The SMILES string of the molecule is CN=C(NCc1cccc(C(=O)NC)c1)NCC(C)(C)OC.I. The Bertz CT molecular complexity index is 533. The molecular formula is C16H27IN4O2. The summed E-state index contributed by atoms with van der Waals surface area (Å²) in [6.45, 7) is 5.22. The van der Waals surface area contributed by atoms with Gasteiger partial charge < -0.3 is 20.7 Å². The minimum atomic E-state index is -0.267. The van der Waals surface area contributed by atoms with E-state index in [1.54, 1.807) is 27.3 Å². The second-order valence-electron chi connectivity index (χ2n) is 5.52. The van der Waals surface area contributed by atoms with Crippen LogP contribution in [0.3, 0.4) is 0 Å². The molecule has 0 heterocycles. The van der Waals surface area contributed by atoms with Gasteiger partial charge in [-0.3, -0.25) is 9.79 Å². The molecule has 0 unspecified atom stereocenters. The van der Waals surface area contributed by atoms with Gasteiger partial charge >= 0.3 is 0 Å². The maximum atomic E-state index is 11.6. The van der Waals surface area contributed by atoms with E-state index < -0.39 is 0 Å². The molecule has 0 aliphatic rings. The molecule has 0 aliphatic heterocycles. The van der Waals surface area contributed by atoms with Gasteiger partial charge in [-0.25, -0.2) is 0 Å². The average Bonchev–Trinajstić information content (AvgIpc) is 2.54. The van der Waals surface area contributed by atoms with Crippen LogP contribution in [0, 0.1) is 0 Å². The zero-order valence-corrected chi connectivity index (χ0v) is 16.7. The van der Waals surface area contributed by atoms with Gasteiger partial charge in [0, 0.05) is 39.9 Å². The monoisotopic (exact) mass is 434 g/mol. The molecular weight excluding hydrogens is 407 g/mol. The molecule has 23 heavy (non-hydrogen) atoms. The first kappa shape index (κ1) is 21.6. The number of halogens is 1. The summed E-state index contributed by atoms with van der Waals surface area (Å²) < 4.78 is 5.36. The number of aliphatic imine (C=N–C) groups is 1. The third-order valence-corrected chi connectivity index (χ3v) is 3.33. The Morgan fingerprint density at radius 3 is 2.57 bits per heavy atom. The van der Waals surface area contributed by atoms with Crippen LogP contribution in [0.15, 0.2) is 29.3 Å². The van der Waals surface area contributed by atoms with E-state index in [1.807, 2.05) is 32.0 Å². The summed E-state index contributed by atoms with van der Waals surface area (Å²) in [5.41, 5.74) is 1.39. The van der Waals surface area contributed by atoms with Crippen molar-refractivity contribution in [2.75, 3.05) is 27.7 Å². The number of methoxy groups -OCH3 is 1. The number of hydrogen-bond donors (Lipinski definition) is 3. The first-order chi connectivity index (χ1) is 10.4. The standard InChI is InChI=1S/C16H26N4O2.HI/c1-16(2,22-5)11-20-15(18-4)19-10-12-7-6-8-13(9-12)14(21)17-3;/h6-9H,10-11H2,1-5H3,(H,17,21)(H2,18,19,20);1H. The van der Waals surface area contributed by atoms with E-state index in [0.29, 0.717) is 24.6 Å². The van der Waals surface area contributed by atoms with Gasteiger partial charge in [0.15, 0.2) is 5.96 Å². The third kappa shape index (κ3) is 7.65. The largest absolute Gasteiger partial charge is 0.377 e. The number of amides is 1. The van der Waals surface area contributed by atoms with Crippen molar-refractivity contribution in [3.8, 4) is 0 Å². The summed E-state index contributed by atoms with van der Waals surface area (Å²) in [5.74, 6) is 0.599. The van der Waals surface area contributed by atoms with Gasteiger partial charge in [0.2, 0.25) is 0 Å². The van der Waals surface area contributed by atoms with E-state index in [0.717, 1.165) is 5.56 Å². The first-order valence-corrected chi connectivity index (χ1v) is 7.22. The van der Waals surface area contributed by atoms with Gasteiger partial charge in [-0.2, -0.15) is 0 Å². The van der Waals surface area contributed by atoms with Crippen molar-refractivity contribution in [1.82, 2.24) is 16.0 Å². The van der Waals surface area contributed by atoms with Crippen molar-refractivity contribution < 1.29 is 9.53 Å². The lowest BCUT2D eigenvalue weighted by molar-refractivity contribution is 0.0268. The number of carbonyl (C=O) groups excluding carboxylic acids is 1. The van der Waals surface area contributed by atoms with Crippen LogP contribution in [-0.2, 0) is 11.3 Å². The molecule has 7 heteroatoms. The second-order valence-corrected chi connectivity index (χ2v) is 5.52. The lowest BCUT2D eigenvalue weighted by Crippen LogP contribution is -2.45. The summed E-state index contributed by atoms with van der Waals surface area (Å²) >= 11 is 0. The number of carbonyl (C=O) groups is 1. The van der Waals surface area contributed by atoms with Crippen LogP contribution >= 0.6 is 24.0 Å². The maximum Gasteiger partial charge on any atom is 0.251 e. The number of hydrogen-bond acceptors (Lipinski definition) is 3. The molecule has 0 aromatic heterocycles. The fourth-order valence-corrected chi connectivity index (χ4v) is 1.74. The summed E-state index contributed by atoms with van der Waals surface area (Å²) in [4.78, 5) is 15.8. The number of ether oxygens (including phenoxy) is 1. The fraction of sp³-hybridized carbons (Fsp3) is 0.500. The normalized spacial score (nSPS) is 11.4. The molecule has 0 radical (unpaired) electrons. The number of guanidine groups is 1. The molecule has 6 nitrogen and oxygen atoms in total. The molecule has 130 valence electrons. The van der Waals surface area contributed by atoms with E-state index in [2.05, 4.69) is 20.9 Å². The number of nitrogens with zero attached hydrogens (tertiary/aromatic N) is 1. The average molecular weight is 434 g/mol. The molecule has 0 saturated carbocycles. The molecule has 0 aliphatic carbocycles. The number of rotatable bonds is 6. The van der Waals surface area contributed by atoms with Crippen molar-refractivity contribution >= 4 is 35.8 Å². The van der Waals surface area contributed by atoms with Crippen molar-refractivity contribution in [3.05, 3.63) is 35.4 Å². The van der Waals surface area contributed by atoms with Crippen molar-refractivity contribution in [3.63, 3.8) is 0 Å². The smallest absolute Gasteiger partial charge is 0.251 e. The summed E-state index contributed by atoms with van der Waals surface area (Å²) in [5, 5.41) is 9.05. The van der Waals surface area contributed by atoms with E-state index in [4.69, 9.17) is 4.74 Å². The highest BCUT2D eigenvalue weighted by atomic mass is 127. The van der Waals surface area contributed by atoms with Crippen molar-refractivity contribution in [2.45, 2.75) is 26.0 Å². The van der Waals surface area contributed by atoms with Crippen LogP contribution in [0.4, 0.5) is 0 Å². The zero-order chi connectivity index (χ0) is 16.6. The van der Waals surface area contributed by atoms with Gasteiger partial charge in [0.1, 0.15) is 0 Å². The zero-order valence-electron chi connectivity index (χ0n) is 14.4. The van der Waals surface area contributed by atoms with E-state index in [9.17, 15) is 4.79 Å². The third-order valence-electron chi connectivity index (χ3n) is 3.33. The molecule has 1 aromatic carbocycles. The summed E-state index contributed by atoms with van der Waals surface area (Å²) in [6.07, 6.45) is 0. The molecule has 0 spiro atoms. The quantitative estimate of drug-likeness (QED) is 0.363. The van der Waals surface area contributed by atoms with Gasteiger partial charge in [0.25, 0.3) is 5.91 Å². The number of nitrogens with one attached hydrogen (secondary N) is 3. The molecule has 1 aromatic rings. The van der Waals surface area contributed by atoms with Crippen LogP contribution in [0.25, 0.3) is 0 Å². The van der Waals surface area contributed by atoms with Crippen LogP contribution < -0.4 is 16.0 Å². The molecule has 1 amide bonds. The fourth-order valence-electron chi connectivity index (χ4n) is 1.74. The Kier molecular flexibility index (Phi) is 9.82. The van der Waals surface area contributed by atoms with Crippen LogP contribution in [-0.4, -0.2) is 45.2 Å². The topological polar surface area (TPSA) is 74.8 Å². The lowest BCUT2D eigenvalue weighted by atomic mass is 10.1. The van der Waals surface area contributed by atoms with Crippen LogP contribution in [0.5, 0.6) is 0 Å². The first-order valence-electron chi connectivity index (χ1n) is 7.22. The minimum absolute atomic E-state index is 0. The summed E-state index contributed by atoms with van der Waals surface area (Å²) in [7, 11) is 5.02. The highest BCUT2D eigenvalue weighted by molar-refractivity contribution is 14.0. The van der Waals surface area contributed by atoms with Crippen molar-refractivity contribution in [2.24, 2.45) is 4.99 Å². The molecule has 0 atom stereocenters. The van der Waals surface area contributed by atoms with Gasteiger partial charge in [-0.1, -0.05) is 12.1 Å². The molecule has 0 bridgehead atoms. The molecule has 1 rings (SSSR count). The Balaban J connectivity index is 0.00000484. The highest BCUT2D eigenvalue weighted by Gasteiger charge is 2.16. The molecule has 3 N–H and O–H groups in total. The van der Waals surface area contributed by atoms with E-state index in [-0.39, 0.29) is 35.5 Å². The van der Waals surface area contributed by atoms with Gasteiger partial charge in [-0.15, -0.1) is 24.0 Å². The minimum Gasteiger partial charge on any atom is -0.377 e. The Hall–Kier alpha value is -1.35. The number of benzene rings is 1. The molecule has 0 fully saturated rings. The van der Waals surface area contributed by atoms with E-state index >= 15 is 0 Å². The highest BCUT2D eigenvalue weighted by Crippen LogP contribution is 2.06. The van der Waals surface area contributed by atoms with Gasteiger partial charge in [0.05, 0.1) is 5.60 Å². The Morgan fingerprint density at radius 1 is 1.30 bits per heavy atom. The van der Waals surface area contributed by atoms with Crippen molar-refractivity contribution in [1.29, 1.82) is 0 Å². The molecule has 0 saturated heterocycles. The van der Waals surface area contributed by atoms with Gasteiger partial charge in [-0.05, 0) is 31.5 Å². The van der Waals surface area contributed by atoms with E-state index in [1.165, 1.54) is 0 Å². The summed E-state index contributed by atoms with van der Waals surface area (Å²) in [6, 6.07) is 7.48. The second kappa shape index (κ2) is 10.4. The predicted octanol–water partition coefficient (Wildman–Crippen LogP) is 1.75. The maximum absolute atomic E-state index is 11.6. The predicted molar refractivity (Wildman–Crippen MR) is 105 cm³/mol. The Labute approximate surface area is 155 Å².